The zero-order valence-electron chi connectivity index (χ0n) is 11.2. The largest absolute Gasteiger partial charge is 0.368 e. The summed E-state index contributed by atoms with van der Waals surface area (Å²) in [5.41, 5.74) is 0. The van der Waals surface area contributed by atoms with Gasteiger partial charge in [0.2, 0.25) is 5.91 Å². The van der Waals surface area contributed by atoms with Crippen LogP contribution in [-0.4, -0.2) is 42.4 Å². The summed E-state index contributed by atoms with van der Waals surface area (Å²) in [6.45, 7) is 3.57. The molecule has 4 heteroatoms. The average Bonchev–Trinajstić information content (AvgIpc) is 2.37. The molecule has 2 aliphatic rings. The maximum absolute atomic E-state index is 11.9. The summed E-state index contributed by atoms with van der Waals surface area (Å²) in [4.78, 5) is 24.8. The predicted molar refractivity (Wildman–Crippen MR) is 68.2 cm³/mol. The van der Waals surface area contributed by atoms with E-state index in [0.717, 1.165) is 12.8 Å². The van der Waals surface area contributed by atoms with Gasteiger partial charge in [0, 0.05) is 25.9 Å². The van der Waals surface area contributed by atoms with Gasteiger partial charge in [0.15, 0.2) is 0 Å². The second-order valence-electron chi connectivity index (χ2n) is 5.62. The molecule has 1 amide bonds. The summed E-state index contributed by atoms with van der Waals surface area (Å²) in [5.74, 6) is 1.02. The molecule has 0 N–H and O–H groups in total. The van der Waals surface area contributed by atoms with Crippen molar-refractivity contribution in [1.29, 1.82) is 0 Å². The molecule has 18 heavy (non-hydrogen) atoms. The Morgan fingerprint density at radius 1 is 1.33 bits per heavy atom. The molecule has 1 saturated heterocycles. The number of rotatable bonds is 3. The van der Waals surface area contributed by atoms with Gasteiger partial charge in [-0.2, -0.15) is 0 Å². The first-order chi connectivity index (χ1) is 8.65. The summed E-state index contributed by atoms with van der Waals surface area (Å²) < 4.78 is 5.72. The Labute approximate surface area is 109 Å². The molecular weight excluding hydrogens is 230 g/mol. The van der Waals surface area contributed by atoms with Crippen molar-refractivity contribution in [2.75, 3.05) is 19.7 Å². The summed E-state index contributed by atoms with van der Waals surface area (Å²) >= 11 is 0. The molecule has 1 aliphatic carbocycles. The number of Topliss-reactive ketones (excluding diaryl/α,β-unsaturated/α-hetero) is 1. The van der Waals surface area contributed by atoms with E-state index < -0.39 is 0 Å². The number of nitrogens with zero attached hydrogens (tertiary/aromatic N) is 1. The van der Waals surface area contributed by atoms with Crippen LogP contribution < -0.4 is 0 Å². The van der Waals surface area contributed by atoms with Crippen LogP contribution in [-0.2, 0) is 14.3 Å². The summed E-state index contributed by atoms with van der Waals surface area (Å²) in [5, 5.41) is 0. The van der Waals surface area contributed by atoms with E-state index in [1.54, 1.807) is 4.90 Å². The normalized spacial score (nSPS) is 29.4. The molecule has 1 aliphatic heterocycles. The van der Waals surface area contributed by atoms with E-state index in [-0.39, 0.29) is 24.4 Å². The van der Waals surface area contributed by atoms with E-state index in [1.165, 1.54) is 12.8 Å². The Bertz CT molecular complexity index is 306. The lowest BCUT2D eigenvalue weighted by Gasteiger charge is -2.29. The standard InChI is InChI=1S/C14H23NO3/c1-11-3-2-4-13(9-11)18-10-14(17)15-7-5-12(16)6-8-15/h11,13H,2-10H2,1H3. The second-order valence-corrected chi connectivity index (χ2v) is 5.62. The highest BCUT2D eigenvalue weighted by Crippen LogP contribution is 2.25. The van der Waals surface area contributed by atoms with Crippen LogP contribution in [0.3, 0.4) is 0 Å². The number of hydrogen-bond donors (Lipinski definition) is 0. The van der Waals surface area contributed by atoms with Crippen molar-refractivity contribution < 1.29 is 14.3 Å². The Balaban J connectivity index is 1.69. The van der Waals surface area contributed by atoms with Gasteiger partial charge >= 0.3 is 0 Å². The van der Waals surface area contributed by atoms with E-state index >= 15 is 0 Å². The smallest absolute Gasteiger partial charge is 0.248 e. The SMILES string of the molecule is CC1CCCC(OCC(=O)N2CCC(=O)CC2)C1. The zero-order valence-corrected chi connectivity index (χ0v) is 11.2. The second kappa shape index (κ2) is 6.32. The molecule has 2 atom stereocenters. The van der Waals surface area contributed by atoms with Gasteiger partial charge in [-0.1, -0.05) is 19.8 Å². The lowest BCUT2D eigenvalue weighted by Crippen LogP contribution is -2.41. The van der Waals surface area contributed by atoms with Crippen molar-refractivity contribution in [2.45, 2.75) is 51.6 Å². The Morgan fingerprint density at radius 3 is 2.72 bits per heavy atom. The van der Waals surface area contributed by atoms with Crippen LogP contribution in [0, 0.1) is 5.92 Å². The topological polar surface area (TPSA) is 46.6 Å². The van der Waals surface area contributed by atoms with Crippen molar-refractivity contribution in [3.63, 3.8) is 0 Å². The van der Waals surface area contributed by atoms with E-state index in [9.17, 15) is 9.59 Å². The van der Waals surface area contributed by atoms with Crippen molar-refractivity contribution in [3.8, 4) is 0 Å². The maximum Gasteiger partial charge on any atom is 0.248 e. The highest BCUT2D eigenvalue weighted by atomic mass is 16.5. The van der Waals surface area contributed by atoms with Crippen LogP contribution >= 0.6 is 0 Å². The van der Waals surface area contributed by atoms with Crippen LogP contribution in [0.15, 0.2) is 0 Å². The van der Waals surface area contributed by atoms with Gasteiger partial charge in [0.05, 0.1) is 6.10 Å². The van der Waals surface area contributed by atoms with Crippen LogP contribution in [0.25, 0.3) is 0 Å². The van der Waals surface area contributed by atoms with Crippen molar-refractivity contribution in [1.82, 2.24) is 4.90 Å². The molecule has 0 aromatic carbocycles. The van der Waals surface area contributed by atoms with Crippen molar-refractivity contribution in [3.05, 3.63) is 0 Å². The minimum absolute atomic E-state index is 0.0423. The summed E-state index contributed by atoms with van der Waals surface area (Å²) in [6.07, 6.45) is 5.91. The zero-order chi connectivity index (χ0) is 13.0. The fraction of sp³-hybridized carbons (Fsp3) is 0.857. The molecule has 1 heterocycles. The van der Waals surface area contributed by atoms with Crippen LogP contribution in [0.1, 0.15) is 45.4 Å². The summed E-state index contributed by atoms with van der Waals surface area (Å²) in [7, 11) is 0. The molecular formula is C14H23NO3. The summed E-state index contributed by atoms with van der Waals surface area (Å²) in [6, 6.07) is 0. The molecule has 0 spiro atoms. The number of carbonyl (C=O) groups is 2. The lowest BCUT2D eigenvalue weighted by molar-refractivity contribution is -0.141. The fourth-order valence-corrected chi connectivity index (χ4v) is 2.82. The molecule has 0 bridgehead atoms. The number of hydrogen-bond acceptors (Lipinski definition) is 3. The third-order valence-corrected chi connectivity index (χ3v) is 4.00. The Kier molecular flexibility index (Phi) is 4.75. The third-order valence-electron chi connectivity index (χ3n) is 4.00. The highest BCUT2D eigenvalue weighted by molar-refractivity contribution is 5.83. The van der Waals surface area contributed by atoms with Gasteiger partial charge in [-0.05, 0) is 18.8 Å². The average molecular weight is 253 g/mol. The van der Waals surface area contributed by atoms with E-state index in [0.29, 0.717) is 31.8 Å². The van der Waals surface area contributed by atoms with Gasteiger partial charge in [-0.25, -0.2) is 0 Å². The van der Waals surface area contributed by atoms with Crippen LogP contribution in [0.5, 0.6) is 0 Å². The quantitative estimate of drug-likeness (QED) is 0.770. The molecule has 1 saturated carbocycles. The first-order valence-electron chi connectivity index (χ1n) is 7.06. The van der Waals surface area contributed by atoms with Gasteiger partial charge < -0.3 is 9.64 Å². The van der Waals surface area contributed by atoms with Crippen LogP contribution in [0.2, 0.25) is 0 Å². The number of ether oxygens (including phenoxy) is 1. The Hall–Kier alpha value is -0.900. The molecule has 4 nitrogen and oxygen atoms in total. The first kappa shape index (κ1) is 13.5. The van der Waals surface area contributed by atoms with Gasteiger partial charge in [0.1, 0.15) is 12.4 Å². The van der Waals surface area contributed by atoms with E-state index in [2.05, 4.69) is 6.92 Å². The van der Waals surface area contributed by atoms with E-state index in [4.69, 9.17) is 4.74 Å². The minimum Gasteiger partial charge on any atom is -0.368 e. The van der Waals surface area contributed by atoms with Gasteiger partial charge in [-0.3, -0.25) is 9.59 Å². The number of ketones is 1. The molecule has 0 aromatic heterocycles. The predicted octanol–water partition coefficient (Wildman–Crippen LogP) is 1.77. The van der Waals surface area contributed by atoms with Crippen LogP contribution in [0.4, 0.5) is 0 Å². The molecule has 2 rings (SSSR count). The van der Waals surface area contributed by atoms with Crippen molar-refractivity contribution >= 4 is 11.7 Å². The van der Waals surface area contributed by atoms with Gasteiger partial charge in [0.25, 0.3) is 0 Å². The molecule has 0 radical (unpaired) electrons. The molecule has 0 aromatic rings. The lowest BCUT2D eigenvalue weighted by atomic mass is 9.89. The van der Waals surface area contributed by atoms with Gasteiger partial charge in [-0.15, -0.1) is 0 Å². The number of likely N-dealkylation sites (tertiary alicyclic amines) is 1. The fourth-order valence-electron chi connectivity index (χ4n) is 2.82. The monoisotopic (exact) mass is 253 g/mol. The highest BCUT2D eigenvalue weighted by Gasteiger charge is 2.23. The minimum atomic E-state index is 0.0423. The Morgan fingerprint density at radius 2 is 2.06 bits per heavy atom. The maximum atomic E-state index is 11.9. The molecule has 2 fully saturated rings. The number of piperidine rings is 1. The number of amides is 1. The van der Waals surface area contributed by atoms with Crippen molar-refractivity contribution in [2.24, 2.45) is 5.92 Å². The number of carbonyl (C=O) groups excluding carboxylic acids is 2. The molecule has 102 valence electrons. The third kappa shape index (κ3) is 3.80. The van der Waals surface area contributed by atoms with E-state index in [1.807, 2.05) is 0 Å². The first-order valence-corrected chi connectivity index (χ1v) is 7.06. The molecule has 2 unspecified atom stereocenters.